The van der Waals surface area contributed by atoms with Gasteiger partial charge in [-0.2, -0.15) is 13.2 Å². The summed E-state index contributed by atoms with van der Waals surface area (Å²) in [7, 11) is 0. The first-order valence-corrected chi connectivity index (χ1v) is 4.24. The summed E-state index contributed by atoms with van der Waals surface area (Å²) in [6, 6.07) is 0. The topological polar surface area (TPSA) is 0 Å². The van der Waals surface area contributed by atoms with Gasteiger partial charge >= 0.3 is 6.18 Å². The van der Waals surface area contributed by atoms with Crippen LogP contribution in [-0.2, 0) is 12.6 Å². The summed E-state index contributed by atoms with van der Waals surface area (Å²) in [4.78, 5) is 0. The number of benzene rings is 1. The molecule has 0 spiro atoms. The normalized spacial score (nSPS) is 11.7. The van der Waals surface area contributed by atoms with Crippen LogP contribution in [0.2, 0.25) is 0 Å². The van der Waals surface area contributed by atoms with Gasteiger partial charge in [-0.15, -0.1) is 6.58 Å². The smallest absolute Gasteiger partial charge is 0.203 e. The lowest BCUT2D eigenvalue weighted by molar-refractivity contribution is -0.143. The molecule has 0 aliphatic rings. The second kappa shape index (κ2) is 4.38. The second-order valence-corrected chi connectivity index (χ2v) is 3.10. The third-order valence-corrected chi connectivity index (χ3v) is 1.99. The Morgan fingerprint density at radius 2 is 1.29 bits per heavy atom. The number of allylic oxidation sites excluding steroid dienone is 1. The van der Waals surface area contributed by atoms with Crippen molar-refractivity contribution in [2.75, 3.05) is 0 Å². The standard InChI is InChI=1S/C10H5F7/c1-2-3-4-6(11)8(13)5(10(15,16)17)9(14)7(4)12/h2H,1,3H2. The van der Waals surface area contributed by atoms with Gasteiger partial charge in [0.05, 0.1) is 0 Å². The van der Waals surface area contributed by atoms with Crippen LogP contribution in [0.1, 0.15) is 11.1 Å². The molecule has 0 aliphatic heterocycles. The maximum atomic E-state index is 13.1. The van der Waals surface area contributed by atoms with Gasteiger partial charge in [-0.25, -0.2) is 17.6 Å². The molecule has 0 radical (unpaired) electrons. The van der Waals surface area contributed by atoms with Gasteiger partial charge < -0.3 is 0 Å². The zero-order valence-corrected chi connectivity index (χ0v) is 8.14. The Hall–Kier alpha value is -1.53. The molecule has 0 atom stereocenters. The van der Waals surface area contributed by atoms with Crippen LogP contribution < -0.4 is 0 Å². The van der Waals surface area contributed by atoms with E-state index in [1.807, 2.05) is 0 Å². The molecule has 0 amide bonds. The SMILES string of the molecule is C=CCc1c(F)c(F)c(C(F)(F)F)c(F)c1F. The summed E-state index contributed by atoms with van der Waals surface area (Å²) in [6.45, 7) is 3.07. The zero-order valence-electron chi connectivity index (χ0n) is 8.14. The molecule has 0 nitrogen and oxygen atoms in total. The van der Waals surface area contributed by atoms with Crippen molar-refractivity contribution in [3.63, 3.8) is 0 Å². The van der Waals surface area contributed by atoms with E-state index in [-0.39, 0.29) is 0 Å². The Kier molecular flexibility index (Phi) is 3.49. The Morgan fingerprint density at radius 1 is 0.882 bits per heavy atom. The van der Waals surface area contributed by atoms with Gasteiger partial charge in [0.25, 0.3) is 0 Å². The minimum atomic E-state index is -5.51. The van der Waals surface area contributed by atoms with Crippen molar-refractivity contribution in [3.05, 3.63) is 47.1 Å². The van der Waals surface area contributed by atoms with Crippen molar-refractivity contribution in [1.82, 2.24) is 0 Å². The maximum Gasteiger partial charge on any atom is 0.422 e. The first kappa shape index (κ1) is 13.5. The van der Waals surface area contributed by atoms with Gasteiger partial charge in [0.15, 0.2) is 23.3 Å². The third kappa shape index (κ3) is 2.27. The van der Waals surface area contributed by atoms with Gasteiger partial charge in [0.1, 0.15) is 5.56 Å². The molecule has 0 saturated heterocycles. The van der Waals surface area contributed by atoms with E-state index in [9.17, 15) is 30.7 Å². The number of hydrogen-bond acceptors (Lipinski definition) is 0. The van der Waals surface area contributed by atoms with E-state index in [1.165, 1.54) is 0 Å². The zero-order chi connectivity index (χ0) is 13.4. The first-order chi connectivity index (χ1) is 7.71. The highest BCUT2D eigenvalue weighted by atomic mass is 19.4. The lowest BCUT2D eigenvalue weighted by atomic mass is 10.0. The molecule has 0 bridgehead atoms. The highest BCUT2D eigenvalue weighted by Gasteiger charge is 2.41. The molecule has 7 heteroatoms. The molecule has 0 heterocycles. The molecule has 0 N–H and O–H groups in total. The van der Waals surface area contributed by atoms with Crippen LogP contribution in [0, 0.1) is 23.3 Å². The summed E-state index contributed by atoms with van der Waals surface area (Å²) in [5, 5.41) is 0. The van der Waals surface area contributed by atoms with E-state index in [1.54, 1.807) is 0 Å². The summed E-state index contributed by atoms with van der Waals surface area (Å²) < 4.78 is 88.6. The highest BCUT2D eigenvalue weighted by Crippen LogP contribution is 2.36. The van der Waals surface area contributed by atoms with E-state index in [0.29, 0.717) is 0 Å². The fourth-order valence-corrected chi connectivity index (χ4v) is 1.25. The molecule has 17 heavy (non-hydrogen) atoms. The fraction of sp³-hybridized carbons (Fsp3) is 0.200. The molecule has 0 saturated carbocycles. The summed E-state index contributed by atoms with van der Waals surface area (Å²) in [5.74, 6) is -9.02. The summed E-state index contributed by atoms with van der Waals surface area (Å²) in [5.41, 5.74) is -3.69. The number of halogens is 7. The van der Waals surface area contributed by atoms with Crippen molar-refractivity contribution in [2.24, 2.45) is 0 Å². The summed E-state index contributed by atoms with van der Waals surface area (Å²) >= 11 is 0. The Balaban J connectivity index is 3.64. The molecule has 1 aromatic rings. The lowest BCUT2D eigenvalue weighted by Crippen LogP contribution is -2.16. The van der Waals surface area contributed by atoms with E-state index in [2.05, 4.69) is 6.58 Å². The van der Waals surface area contributed by atoms with Crippen LogP contribution >= 0.6 is 0 Å². The maximum absolute atomic E-state index is 13.1. The quantitative estimate of drug-likeness (QED) is 0.427. The molecule has 0 aromatic heterocycles. The fourth-order valence-electron chi connectivity index (χ4n) is 1.25. The van der Waals surface area contributed by atoms with Crippen molar-refractivity contribution in [3.8, 4) is 0 Å². The Labute approximate surface area is 91.4 Å². The predicted octanol–water partition coefficient (Wildman–Crippen LogP) is 3.99. The molecular weight excluding hydrogens is 253 g/mol. The van der Waals surface area contributed by atoms with Gasteiger partial charge in [-0.3, -0.25) is 0 Å². The summed E-state index contributed by atoms with van der Waals surface area (Å²) in [6.07, 6.45) is -5.22. The van der Waals surface area contributed by atoms with Crippen LogP contribution in [0.3, 0.4) is 0 Å². The van der Waals surface area contributed by atoms with E-state index >= 15 is 0 Å². The van der Waals surface area contributed by atoms with Crippen LogP contribution in [0.25, 0.3) is 0 Å². The lowest BCUT2D eigenvalue weighted by Gasteiger charge is -2.13. The average Bonchev–Trinajstić information content (AvgIpc) is 2.20. The predicted molar refractivity (Wildman–Crippen MR) is 45.2 cm³/mol. The molecule has 1 aromatic carbocycles. The Bertz CT molecular complexity index is 430. The van der Waals surface area contributed by atoms with E-state index in [0.717, 1.165) is 6.08 Å². The van der Waals surface area contributed by atoms with E-state index < -0.39 is 47.0 Å². The van der Waals surface area contributed by atoms with Crippen molar-refractivity contribution < 1.29 is 30.7 Å². The van der Waals surface area contributed by atoms with Crippen LogP contribution in [0.15, 0.2) is 12.7 Å². The van der Waals surface area contributed by atoms with Crippen LogP contribution in [-0.4, -0.2) is 0 Å². The van der Waals surface area contributed by atoms with Gasteiger partial charge in [-0.05, 0) is 6.42 Å². The Morgan fingerprint density at radius 3 is 1.59 bits per heavy atom. The molecular formula is C10H5F7. The van der Waals surface area contributed by atoms with E-state index in [4.69, 9.17) is 0 Å². The van der Waals surface area contributed by atoms with Crippen molar-refractivity contribution in [1.29, 1.82) is 0 Å². The molecule has 1 rings (SSSR count). The number of alkyl halides is 3. The van der Waals surface area contributed by atoms with Gasteiger partial charge in [-0.1, -0.05) is 6.08 Å². The average molecular weight is 258 g/mol. The molecule has 94 valence electrons. The van der Waals surface area contributed by atoms with Crippen LogP contribution in [0.4, 0.5) is 30.7 Å². The molecule has 0 unspecified atom stereocenters. The van der Waals surface area contributed by atoms with Gasteiger partial charge in [0, 0.05) is 5.56 Å². The molecule has 0 aliphatic carbocycles. The largest absolute Gasteiger partial charge is 0.422 e. The van der Waals surface area contributed by atoms with Crippen LogP contribution in [0.5, 0.6) is 0 Å². The molecule has 0 fully saturated rings. The minimum absolute atomic E-state index is 0.621. The van der Waals surface area contributed by atoms with Crippen molar-refractivity contribution in [2.45, 2.75) is 12.6 Å². The third-order valence-electron chi connectivity index (χ3n) is 1.99. The highest BCUT2D eigenvalue weighted by molar-refractivity contribution is 5.32. The number of hydrogen-bond donors (Lipinski definition) is 0. The second-order valence-electron chi connectivity index (χ2n) is 3.10. The number of rotatable bonds is 2. The van der Waals surface area contributed by atoms with Crippen molar-refractivity contribution >= 4 is 0 Å². The monoisotopic (exact) mass is 258 g/mol. The minimum Gasteiger partial charge on any atom is -0.203 e. The first-order valence-electron chi connectivity index (χ1n) is 4.24. The van der Waals surface area contributed by atoms with Gasteiger partial charge in [0.2, 0.25) is 0 Å².